The maximum absolute atomic E-state index is 13.8. The molecule has 0 aliphatic heterocycles. The molecule has 0 fully saturated rings. The second-order valence-electron chi connectivity index (χ2n) is 8.60. The third kappa shape index (κ3) is 5.53. The number of fused-ring (bicyclic) bond motifs is 1. The Bertz CT molecular complexity index is 1650. The van der Waals surface area contributed by atoms with Gasteiger partial charge in [0.1, 0.15) is 17.3 Å². The fourth-order valence-electron chi connectivity index (χ4n) is 4.01. The van der Waals surface area contributed by atoms with Gasteiger partial charge in [0.15, 0.2) is 0 Å². The number of para-hydroxylation sites is 1. The zero-order valence-corrected chi connectivity index (χ0v) is 23.2. The molecule has 0 saturated carbocycles. The number of carbonyl (C=O) groups excluding carboxylic acids is 1. The summed E-state index contributed by atoms with van der Waals surface area (Å²) < 4.78 is 12.9. The Hall–Kier alpha value is -4.51. The molecule has 1 amide bonds. The van der Waals surface area contributed by atoms with Crippen molar-refractivity contribution in [2.75, 3.05) is 21.3 Å². The number of methoxy groups -OCH3 is 2. The van der Waals surface area contributed by atoms with Crippen LogP contribution in [0.1, 0.15) is 24.4 Å². The molecule has 1 atom stereocenters. The highest BCUT2D eigenvalue weighted by atomic mass is 79.9. The van der Waals surface area contributed by atoms with E-state index in [1.165, 1.54) is 41.9 Å². The molecule has 4 aromatic rings. The lowest BCUT2D eigenvalue weighted by molar-refractivity contribution is -0.384. The summed E-state index contributed by atoms with van der Waals surface area (Å²) >= 11 is 3.55. The Morgan fingerprint density at radius 2 is 1.82 bits per heavy atom. The molecule has 11 heteroatoms. The minimum atomic E-state index is -0.639. The van der Waals surface area contributed by atoms with Crippen molar-refractivity contribution in [1.29, 1.82) is 0 Å². The maximum Gasteiger partial charge on any atom is 0.269 e. The summed E-state index contributed by atoms with van der Waals surface area (Å²) in [5, 5.41) is 11.3. The molecule has 0 bridgehead atoms. The monoisotopic (exact) mass is 592 g/mol. The lowest BCUT2D eigenvalue weighted by Gasteiger charge is -2.27. The van der Waals surface area contributed by atoms with Gasteiger partial charge in [-0.05, 0) is 58.8 Å². The van der Waals surface area contributed by atoms with Crippen molar-refractivity contribution in [1.82, 2.24) is 14.5 Å². The first-order valence-corrected chi connectivity index (χ1v) is 12.6. The van der Waals surface area contributed by atoms with Crippen LogP contribution in [0, 0.1) is 10.1 Å². The highest BCUT2D eigenvalue weighted by Gasteiger charge is 2.25. The number of halogens is 1. The van der Waals surface area contributed by atoms with Crippen molar-refractivity contribution in [3.05, 3.63) is 103 Å². The third-order valence-electron chi connectivity index (χ3n) is 6.32. The fraction of sp³-hybridized carbons (Fsp3) is 0.179. The molecule has 0 aliphatic rings. The van der Waals surface area contributed by atoms with Crippen LogP contribution in [0.2, 0.25) is 0 Å². The summed E-state index contributed by atoms with van der Waals surface area (Å²) in [5.41, 5.74) is 1.21. The van der Waals surface area contributed by atoms with Gasteiger partial charge in [-0.3, -0.25) is 24.3 Å². The van der Waals surface area contributed by atoms with Gasteiger partial charge in [-0.1, -0.05) is 12.1 Å². The summed E-state index contributed by atoms with van der Waals surface area (Å²) in [7, 11) is 4.64. The van der Waals surface area contributed by atoms with Crippen LogP contribution in [0.15, 0.2) is 76.0 Å². The van der Waals surface area contributed by atoms with E-state index in [1.807, 2.05) is 0 Å². The number of hydrogen-bond donors (Lipinski definition) is 0. The first kappa shape index (κ1) is 27.5. The number of nitro benzene ring substituents is 1. The lowest BCUT2D eigenvalue weighted by Crippen LogP contribution is -2.34. The fourth-order valence-corrected chi connectivity index (χ4v) is 4.58. The molecule has 0 aliphatic carbocycles. The van der Waals surface area contributed by atoms with Gasteiger partial charge in [0, 0.05) is 37.4 Å². The van der Waals surface area contributed by atoms with Crippen LogP contribution in [0.5, 0.6) is 11.5 Å². The van der Waals surface area contributed by atoms with E-state index in [2.05, 4.69) is 15.9 Å². The average molecular weight is 593 g/mol. The number of likely N-dealkylation sites (N-methyl/N-ethyl adjacent to an activating group) is 1. The molecule has 39 heavy (non-hydrogen) atoms. The van der Waals surface area contributed by atoms with Crippen molar-refractivity contribution in [3.8, 4) is 17.2 Å². The topological polar surface area (TPSA) is 117 Å². The largest absolute Gasteiger partial charge is 0.497 e. The van der Waals surface area contributed by atoms with Crippen LogP contribution in [-0.4, -0.2) is 46.5 Å². The molecular formula is C28H25BrN4O6. The van der Waals surface area contributed by atoms with Crippen molar-refractivity contribution in [3.63, 3.8) is 0 Å². The number of nitrogens with zero attached hydrogens (tertiary/aromatic N) is 4. The van der Waals surface area contributed by atoms with E-state index >= 15 is 0 Å². The van der Waals surface area contributed by atoms with Crippen LogP contribution in [-0.2, 0) is 4.79 Å². The average Bonchev–Trinajstić information content (AvgIpc) is 2.95. The summed E-state index contributed by atoms with van der Waals surface area (Å²) in [6, 6.07) is 15.6. The van der Waals surface area contributed by atoms with E-state index in [1.54, 1.807) is 68.6 Å². The predicted octanol–water partition coefficient (Wildman–Crippen LogP) is 5.31. The Morgan fingerprint density at radius 3 is 2.46 bits per heavy atom. The summed E-state index contributed by atoms with van der Waals surface area (Å²) in [5.74, 6) is 0.907. The Labute approximate surface area is 232 Å². The van der Waals surface area contributed by atoms with Crippen LogP contribution in [0.25, 0.3) is 22.7 Å². The van der Waals surface area contributed by atoms with Gasteiger partial charge in [0.05, 0.1) is 46.2 Å². The summed E-state index contributed by atoms with van der Waals surface area (Å²) in [6.45, 7) is 1.77. The molecule has 1 unspecified atom stereocenters. The van der Waals surface area contributed by atoms with Gasteiger partial charge in [0.2, 0.25) is 5.91 Å². The second-order valence-corrected chi connectivity index (χ2v) is 9.39. The highest BCUT2D eigenvalue weighted by molar-refractivity contribution is 9.10. The Morgan fingerprint density at radius 1 is 1.13 bits per heavy atom. The minimum absolute atomic E-state index is 0.0371. The molecule has 0 radical (unpaired) electrons. The molecule has 0 saturated heterocycles. The van der Waals surface area contributed by atoms with Crippen LogP contribution >= 0.6 is 15.9 Å². The normalized spacial score (nSPS) is 11.9. The standard InChI is InChI=1S/C28H25BrN4O6/c1-17(31(2)25(34)14-11-18-9-12-19(13-10-18)33(36)37)27-30-22-8-6-5-7-21(22)28(35)32(27)23-15-20(38-3)16-24(39-4)26(23)29/h5-17H,1-4H3/b14-11+. The highest BCUT2D eigenvalue weighted by Crippen LogP contribution is 2.36. The van der Waals surface area contributed by atoms with E-state index < -0.39 is 11.0 Å². The Kier molecular flexibility index (Phi) is 8.10. The number of amides is 1. The van der Waals surface area contributed by atoms with Crippen LogP contribution < -0.4 is 15.0 Å². The van der Waals surface area contributed by atoms with Gasteiger partial charge < -0.3 is 14.4 Å². The zero-order valence-electron chi connectivity index (χ0n) is 21.6. The SMILES string of the molecule is COc1cc(OC)c(Br)c(-n2c(C(C)N(C)C(=O)/C=C/c3ccc([N+](=O)[O-])cc3)nc3ccccc3c2=O)c1. The quantitative estimate of drug-likeness (QED) is 0.155. The van der Waals surface area contributed by atoms with Crippen LogP contribution in [0.3, 0.4) is 0 Å². The van der Waals surface area contributed by atoms with Crippen LogP contribution in [0.4, 0.5) is 5.69 Å². The van der Waals surface area contributed by atoms with E-state index in [9.17, 15) is 19.7 Å². The van der Waals surface area contributed by atoms with Gasteiger partial charge in [-0.2, -0.15) is 0 Å². The molecule has 0 spiro atoms. The third-order valence-corrected chi connectivity index (χ3v) is 7.11. The van der Waals surface area contributed by atoms with Gasteiger partial charge >= 0.3 is 0 Å². The van der Waals surface area contributed by atoms with Gasteiger partial charge in [-0.15, -0.1) is 0 Å². The van der Waals surface area contributed by atoms with Crippen molar-refractivity contribution in [2.45, 2.75) is 13.0 Å². The number of carbonyl (C=O) groups is 1. The molecule has 10 nitrogen and oxygen atoms in total. The number of hydrogen-bond acceptors (Lipinski definition) is 7. The number of non-ortho nitro benzene ring substituents is 1. The molecule has 3 aromatic carbocycles. The van der Waals surface area contributed by atoms with Crippen molar-refractivity contribution >= 4 is 44.5 Å². The van der Waals surface area contributed by atoms with E-state index in [4.69, 9.17) is 14.5 Å². The number of rotatable bonds is 8. The number of aromatic nitrogens is 2. The first-order valence-electron chi connectivity index (χ1n) is 11.8. The Balaban J connectivity index is 1.79. The number of ether oxygens (including phenoxy) is 2. The summed E-state index contributed by atoms with van der Waals surface area (Å²) in [4.78, 5) is 43.6. The van der Waals surface area contributed by atoms with E-state index in [-0.39, 0.29) is 17.2 Å². The summed E-state index contributed by atoms with van der Waals surface area (Å²) in [6.07, 6.45) is 2.94. The van der Waals surface area contributed by atoms with Gasteiger partial charge in [0.25, 0.3) is 11.2 Å². The molecule has 0 N–H and O–H groups in total. The van der Waals surface area contributed by atoms with Crippen molar-refractivity contribution in [2.24, 2.45) is 0 Å². The lowest BCUT2D eigenvalue weighted by atomic mass is 10.1. The van der Waals surface area contributed by atoms with E-state index in [0.29, 0.717) is 43.9 Å². The van der Waals surface area contributed by atoms with E-state index in [0.717, 1.165) is 0 Å². The minimum Gasteiger partial charge on any atom is -0.497 e. The second kappa shape index (κ2) is 11.5. The number of benzene rings is 3. The molecule has 1 aromatic heterocycles. The zero-order chi connectivity index (χ0) is 28.3. The molecule has 1 heterocycles. The first-order chi connectivity index (χ1) is 18.7. The number of nitro groups is 1. The molecule has 4 rings (SSSR count). The molecular weight excluding hydrogens is 568 g/mol. The molecule has 200 valence electrons. The van der Waals surface area contributed by atoms with Crippen molar-refractivity contribution < 1.29 is 19.2 Å². The maximum atomic E-state index is 13.8. The van der Waals surface area contributed by atoms with Gasteiger partial charge in [-0.25, -0.2) is 4.98 Å². The smallest absolute Gasteiger partial charge is 0.269 e. The predicted molar refractivity (Wildman–Crippen MR) is 151 cm³/mol.